The Balaban J connectivity index is 0.000000369. The fourth-order valence-corrected chi connectivity index (χ4v) is 2.36. The van der Waals surface area contributed by atoms with Crippen molar-refractivity contribution in [3.05, 3.63) is 0 Å². The summed E-state index contributed by atoms with van der Waals surface area (Å²) in [6.07, 6.45) is 4.35. The normalized spacial score (nSPS) is 20.4. The van der Waals surface area contributed by atoms with Crippen LogP contribution in [0, 0.1) is 0 Å². The van der Waals surface area contributed by atoms with Crippen molar-refractivity contribution in [3.63, 3.8) is 0 Å². The number of rotatable bonds is 6. The van der Waals surface area contributed by atoms with Crippen LogP contribution in [-0.4, -0.2) is 60.4 Å². The average Bonchev–Trinajstić information content (AvgIpc) is 2.78. The molecule has 2 bridgehead atoms. The summed E-state index contributed by atoms with van der Waals surface area (Å²) in [5, 5.41) is 4.32. The third-order valence-electron chi connectivity index (χ3n) is 3.05. The summed E-state index contributed by atoms with van der Waals surface area (Å²) in [4.78, 5) is 27.4. The quantitative estimate of drug-likeness (QED) is 0.209. The van der Waals surface area contributed by atoms with E-state index < -0.39 is 0 Å². The highest BCUT2D eigenvalue weighted by atomic mass is 32.1. The molecule has 2 aliphatic rings. The van der Waals surface area contributed by atoms with Gasteiger partial charge in [-0.1, -0.05) is 9.39 Å². The minimum absolute atomic E-state index is 0.0162. The van der Waals surface area contributed by atoms with Gasteiger partial charge in [0.2, 0.25) is 6.41 Å². The Morgan fingerprint density at radius 1 is 1.55 bits per heavy atom. The zero-order chi connectivity index (χ0) is 17.0. The molecule has 0 aromatic rings. The maximum atomic E-state index is 11.3. The van der Waals surface area contributed by atoms with E-state index in [0.717, 1.165) is 25.9 Å². The molecule has 4 atom stereocenters. The molecule has 2 saturated heterocycles. The Kier molecular flexibility index (Phi) is 13.2. The van der Waals surface area contributed by atoms with Gasteiger partial charge in [-0.15, -0.1) is 0 Å². The molecule has 0 spiro atoms. The lowest BCUT2D eigenvalue weighted by atomic mass is 10.1. The molecule has 0 saturated carbocycles. The highest BCUT2D eigenvalue weighted by Gasteiger charge is 2.40. The maximum Gasteiger partial charge on any atom is 0.344 e. The van der Waals surface area contributed by atoms with E-state index in [9.17, 15) is 9.59 Å². The first-order valence-corrected chi connectivity index (χ1v) is 8.75. The van der Waals surface area contributed by atoms with Crippen molar-refractivity contribution in [2.75, 3.05) is 26.0 Å². The molecular weight excluding hydrogens is 346 g/mol. The molecule has 0 aliphatic carbocycles. The van der Waals surface area contributed by atoms with Crippen LogP contribution >= 0.6 is 31.5 Å². The van der Waals surface area contributed by atoms with Crippen LogP contribution < -0.4 is 10.6 Å². The number of urea groups is 1. The molecule has 2 fully saturated rings. The van der Waals surface area contributed by atoms with Gasteiger partial charge in [0.1, 0.15) is 0 Å². The van der Waals surface area contributed by atoms with Crippen LogP contribution in [0.4, 0.5) is 4.79 Å². The van der Waals surface area contributed by atoms with Crippen molar-refractivity contribution in [2.45, 2.75) is 31.8 Å². The lowest BCUT2D eigenvalue weighted by Gasteiger charge is -2.20. The minimum atomic E-state index is 0.0162. The monoisotopic (exact) mass is 372 g/mol. The Labute approximate surface area is 141 Å². The molecule has 0 aromatic carbocycles. The second-order valence-corrected chi connectivity index (χ2v) is 5.11. The van der Waals surface area contributed by atoms with Gasteiger partial charge in [-0.05, 0) is 26.0 Å². The predicted octanol–water partition coefficient (Wildman–Crippen LogP) is 0.586. The van der Waals surface area contributed by atoms with Crippen molar-refractivity contribution < 1.29 is 19.1 Å². The van der Waals surface area contributed by atoms with Gasteiger partial charge in [0.25, 0.3) is 0 Å². The second kappa shape index (κ2) is 13.3. The Morgan fingerprint density at radius 2 is 2.23 bits per heavy atom. The molecule has 2 rings (SSSR count). The lowest BCUT2D eigenvalue weighted by Crippen LogP contribution is -2.30. The number of fused-ring (bicyclic) bond motifs is 2. The number of hydrogen-bond donors (Lipinski definition) is 3. The Hall–Kier alpha value is -0.170. The minimum Gasteiger partial charge on any atom is -0.321 e. The summed E-state index contributed by atoms with van der Waals surface area (Å²) < 4.78 is 4.90. The van der Waals surface area contributed by atoms with Gasteiger partial charge in [-0.3, -0.25) is 19.3 Å². The first-order chi connectivity index (χ1) is 10.6. The fourth-order valence-electron chi connectivity index (χ4n) is 2.00. The molecular formula is C11H26N4O4P2S. The van der Waals surface area contributed by atoms with Crippen molar-refractivity contribution in [3.8, 4) is 0 Å². The third kappa shape index (κ3) is 7.40. The summed E-state index contributed by atoms with van der Waals surface area (Å²) in [5.41, 5.74) is 2.08. The maximum absolute atomic E-state index is 11.3. The van der Waals surface area contributed by atoms with Crippen LogP contribution in [-0.2, 0) is 14.3 Å². The number of thiol groups is 1. The van der Waals surface area contributed by atoms with E-state index in [-0.39, 0.29) is 18.1 Å². The second-order valence-electron chi connectivity index (χ2n) is 4.57. The van der Waals surface area contributed by atoms with Crippen LogP contribution in [0.25, 0.3) is 0 Å². The molecule has 2 aliphatic heterocycles. The number of nitrogens with zero attached hydrogens (tertiary/aromatic N) is 2. The number of amides is 3. The summed E-state index contributed by atoms with van der Waals surface area (Å²) in [7, 11) is 4.48. The molecule has 130 valence electrons. The van der Waals surface area contributed by atoms with Crippen molar-refractivity contribution in [1.29, 1.82) is 0 Å². The van der Waals surface area contributed by atoms with E-state index in [0.29, 0.717) is 13.0 Å². The van der Waals surface area contributed by atoms with E-state index in [4.69, 9.17) is 4.62 Å². The van der Waals surface area contributed by atoms with Gasteiger partial charge in [0, 0.05) is 28.6 Å². The zero-order valence-electron chi connectivity index (χ0n) is 12.9. The standard InChI is InChI=1S/C6H11N2O2P.C4H11N2O2P.CH4S/c9-6-7-3-1-2-5(4-7)8(6)10-11;1-4(6-9)2-8-5-3-7;1-2/h5H,1-4,11H2;3-4,6H,2,9H2,1H3,(H,5,7);2H,1H3. The van der Waals surface area contributed by atoms with E-state index >= 15 is 0 Å². The highest BCUT2D eigenvalue weighted by Crippen LogP contribution is 2.26. The summed E-state index contributed by atoms with van der Waals surface area (Å²) in [6.45, 7) is 4.12. The number of nitrogens with one attached hydrogen (secondary N) is 2. The first-order valence-electron chi connectivity index (χ1n) is 6.80. The molecule has 2 N–H and O–H groups in total. The third-order valence-corrected chi connectivity index (χ3v) is 3.85. The smallest absolute Gasteiger partial charge is 0.321 e. The van der Waals surface area contributed by atoms with Gasteiger partial charge < -0.3 is 4.90 Å². The topological polar surface area (TPSA) is 83.1 Å². The zero-order valence-corrected chi connectivity index (χ0v) is 16.1. The number of piperidine rings is 1. The van der Waals surface area contributed by atoms with Crippen molar-refractivity contribution in [1.82, 2.24) is 20.5 Å². The predicted molar refractivity (Wildman–Crippen MR) is 95.0 cm³/mol. The number of hydrogen-bond acceptors (Lipinski definition) is 6. The largest absolute Gasteiger partial charge is 0.344 e. The molecule has 8 nitrogen and oxygen atoms in total. The molecule has 2 heterocycles. The van der Waals surface area contributed by atoms with Crippen LogP contribution in [0.1, 0.15) is 19.8 Å². The summed E-state index contributed by atoms with van der Waals surface area (Å²) in [6, 6.07) is 0.527. The van der Waals surface area contributed by atoms with E-state index in [1.165, 1.54) is 5.06 Å². The fraction of sp³-hybridized carbons (Fsp3) is 0.818. The Morgan fingerprint density at radius 3 is 2.73 bits per heavy atom. The molecule has 4 unspecified atom stereocenters. The van der Waals surface area contributed by atoms with Crippen LogP contribution in [0.5, 0.6) is 0 Å². The van der Waals surface area contributed by atoms with Crippen LogP contribution in [0.15, 0.2) is 0 Å². The molecule has 3 amide bonds. The Bertz CT molecular complexity index is 330. The van der Waals surface area contributed by atoms with Crippen molar-refractivity contribution in [2.24, 2.45) is 0 Å². The number of hydroxylamine groups is 3. The van der Waals surface area contributed by atoms with E-state index in [2.05, 4.69) is 46.9 Å². The van der Waals surface area contributed by atoms with Gasteiger partial charge in [0.15, 0.2) is 0 Å². The molecule has 22 heavy (non-hydrogen) atoms. The van der Waals surface area contributed by atoms with Crippen LogP contribution in [0.3, 0.4) is 0 Å². The number of carbonyl (C=O) groups excluding carboxylic acids is 2. The van der Waals surface area contributed by atoms with Crippen molar-refractivity contribution >= 4 is 43.9 Å². The van der Waals surface area contributed by atoms with E-state index in [1.807, 2.05) is 11.8 Å². The average molecular weight is 372 g/mol. The van der Waals surface area contributed by atoms with Gasteiger partial charge in [-0.25, -0.2) is 10.3 Å². The summed E-state index contributed by atoms with van der Waals surface area (Å²) in [5.74, 6) is 0. The molecule has 11 heteroatoms. The SMILES string of the molecule is CC(CONC=O)NP.CS.O=C1N2CCCC(C2)N1OP. The molecule has 0 radical (unpaired) electrons. The lowest BCUT2D eigenvalue weighted by molar-refractivity contribution is -0.120. The highest BCUT2D eigenvalue weighted by molar-refractivity contribution is 7.79. The van der Waals surface area contributed by atoms with Gasteiger partial charge in [0.05, 0.1) is 12.6 Å². The van der Waals surface area contributed by atoms with Crippen LogP contribution in [0.2, 0.25) is 0 Å². The van der Waals surface area contributed by atoms with Gasteiger partial charge >= 0.3 is 6.03 Å². The summed E-state index contributed by atoms with van der Waals surface area (Å²) >= 11 is 3.53. The first kappa shape index (κ1) is 21.8. The number of carbonyl (C=O) groups is 2. The van der Waals surface area contributed by atoms with E-state index in [1.54, 1.807) is 6.26 Å². The van der Waals surface area contributed by atoms with Gasteiger partial charge in [-0.2, -0.15) is 17.7 Å². The molecule has 0 aromatic heterocycles.